The fourth-order valence-electron chi connectivity index (χ4n) is 1.88. The molecule has 0 radical (unpaired) electrons. The summed E-state index contributed by atoms with van der Waals surface area (Å²) in [6, 6.07) is 4.89. The Hall–Kier alpha value is -2.13. The Kier molecular flexibility index (Phi) is 2.69. The summed E-state index contributed by atoms with van der Waals surface area (Å²) in [5.74, 6) is -0.302. The summed E-state index contributed by atoms with van der Waals surface area (Å²) in [5, 5.41) is 12.3. The van der Waals surface area contributed by atoms with E-state index in [1.165, 1.54) is 13.0 Å². The van der Waals surface area contributed by atoms with E-state index in [4.69, 9.17) is 0 Å². The standard InChI is InChI=1S/C12H12N2O3/c1-8(16)14-11-9(3-2-4-10(11)17)12(5-6-12)13-7-15/h2-4,17H,5-6H2,1H3,(H,14,16). The van der Waals surface area contributed by atoms with Crippen LogP contribution in [0.2, 0.25) is 0 Å². The molecule has 1 aliphatic carbocycles. The summed E-state index contributed by atoms with van der Waals surface area (Å²) >= 11 is 0. The van der Waals surface area contributed by atoms with Crippen molar-refractivity contribution in [2.24, 2.45) is 4.99 Å². The van der Waals surface area contributed by atoms with E-state index >= 15 is 0 Å². The van der Waals surface area contributed by atoms with Gasteiger partial charge in [-0.05, 0) is 18.9 Å². The van der Waals surface area contributed by atoms with E-state index in [0.717, 1.165) is 12.8 Å². The Morgan fingerprint density at radius 1 is 1.53 bits per heavy atom. The van der Waals surface area contributed by atoms with Gasteiger partial charge in [0.05, 0.1) is 5.69 Å². The third kappa shape index (κ3) is 2.05. The maximum absolute atomic E-state index is 11.1. The predicted molar refractivity (Wildman–Crippen MR) is 61.4 cm³/mol. The van der Waals surface area contributed by atoms with Crippen LogP contribution in [-0.2, 0) is 15.1 Å². The molecule has 17 heavy (non-hydrogen) atoms. The third-order valence-electron chi connectivity index (χ3n) is 2.83. The number of anilines is 1. The van der Waals surface area contributed by atoms with Crippen LogP contribution in [0.5, 0.6) is 5.75 Å². The summed E-state index contributed by atoms with van der Waals surface area (Å²) in [6.07, 6.45) is 2.99. The molecular formula is C12H12N2O3. The van der Waals surface area contributed by atoms with Gasteiger partial charge in [-0.15, -0.1) is 0 Å². The molecule has 2 rings (SSSR count). The lowest BCUT2D eigenvalue weighted by Crippen LogP contribution is -2.12. The Labute approximate surface area is 98.2 Å². The van der Waals surface area contributed by atoms with Crippen LogP contribution in [0.3, 0.4) is 0 Å². The number of hydrogen-bond donors (Lipinski definition) is 2. The van der Waals surface area contributed by atoms with Crippen molar-refractivity contribution in [1.29, 1.82) is 0 Å². The van der Waals surface area contributed by atoms with E-state index in [1.807, 2.05) is 0 Å². The van der Waals surface area contributed by atoms with Gasteiger partial charge in [0.25, 0.3) is 0 Å². The number of benzene rings is 1. The summed E-state index contributed by atoms with van der Waals surface area (Å²) in [5.41, 5.74) is 0.380. The Morgan fingerprint density at radius 2 is 2.24 bits per heavy atom. The molecule has 1 aromatic carbocycles. The monoisotopic (exact) mass is 232 g/mol. The first-order valence-electron chi connectivity index (χ1n) is 5.28. The minimum Gasteiger partial charge on any atom is -0.506 e. The van der Waals surface area contributed by atoms with Gasteiger partial charge < -0.3 is 10.4 Å². The summed E-state index contributed by atoms with van der Waals surface area (Å²) in [6.45, 7) is 1.36. The van der Waals surface area contributed by atoms with Crippen molar-refractivity contribution in [3.05, 3.63) is 23.8 Å². The number of carbonyl (C=O) groups excluding carboxylic acids is 2. The zero-order valence-corrected chi connectivity index (χ0v) is 9.36. The van der Waals surface area contributed by atoms with Crippen LogP contribution in [0.25, 0.3) is 0 Å². The van der Waals surface area contributed by atoms with Gasteiger partial charge in [-0.25, -0.2) is 4.79 Å². The van der Waals surface area contributed by atoms with E-state index in [2.05, 4.69) is 10.3 Å². The lowest BCUT2D eigenvalue weighted by molar-refractivity contribution is -0.114. The number of phenols is 1. The number of rotatable bonds is 3. The molecule has 0 atom stereocenters. The SMILES string of the molecule is CC(=O)Nc1c(O)cccc1C1(N=C=O)CC1. The Morgan fingerprint density at radius 3 is 2.76 bits per heavy atom. The highest BCUT2D eigenvalue weighted by molar-refractivity contribution is 5.91. The van der Waals surface area contributed by atoms with Crippen molar-refractivity contribution in [3.8, 4) is 5.75 Å². The van der Waals surface area contributed by atoms with Crippen molar-refractivity contribution >= 4 is 17.7 Å². The van der Waals surface area contributed by atoms with Crippen LogP contribution >= 0.6 is 0 Å². The molecular weight excluding hydrogens is 220 g/mol. The predicted octanol–water partition coefficient (Wildman–Crippen LogP) is 1.68. The van der Waals surface area contributed by atoms with Gasteiger partial charge in [0.1, 0.15) is 11.3 Å². The van der Waals surface area contributed by atoms with Crippen molar-refractivity contribution in [1.82, 2.24) is 0 Å². The molecule has 88 valence electrons. The smallest absolute Gasteiger partial charge is 0.235 e. The molecule has 1 aromatic rings. The highest BCUT2D eigenvalue weighted by atomic mass is 16.3. The molecule has 0 bridgehead atoms. The highest BCUT2D eigenvalue weighted by Crippen LogP contribution is 2.53. The summed E-state index contributed by atoms with van der Waals surface area (Å²) in [4.78, 5) is 25.3. The molecule has 0 unspecified atom stereocenters. The third-order valence-corrected chi connectivity index (χ3v) is 2.83. The van der Waals surface area contributed by atoms with E-state index < -0.39 is 5.54 Å². The van der Waals surface area contributed by atoms with Gasteiger partial charge in [-0.3, -0.25) is 4.79 Å². The molecule has 0 saturated heterocycles. The molecule has 5 heteroatoms. The molecule has 1 saturated carbocycles. The second-order valence-corrected chi connectivity index (χ2v) is 4.12. The normalized spacial score (nSPS) is 15.8. The van der Waals surface area contributed by atoms with E-state index in [0.29, 0.717) is 11.3 Å². The first-order chi connectivity index (χ1) is 8.09. The average Bonchev–Trinajstić information content (AvgIpc) is 3.02. The fraction of sp³-hybridized carbons (Fsp3) is 0.333. The van der Waals surface area contributed by atoms with Crippen LogP contribution in [0, 0.1) is 0 Å². The number of nitrogens with zero attached hydrogens (tertiary/aromatic N) is 1. The van der Waals surface area contributed by atoms with Gasteiger partial charge in [0.15, 0.2) is 0 Å². The number of aliphatic imine (C=N–C) groups is 1. The average molecular weight is 232 g/mol. The minimum absolute atomic E-state index is 0.0231. The molecule has 1 amide bonds. The van der Waals surface area contributed by atoms with Crippen LogP contribution in [0.4, 0.5) is 5.69 Å². The first kappa shape index (κ1) is 11.4. The molecule has 5 nitrogen and oxygen atoms in total. The molecule has 1 aliphatic rings. The first-order valence-corrected chi connectivity index (χ1v) is 5.28. The van der Waals surface area contributed by atoms with E-state index in [-0.39, 0.29) is 11.7 Å². The highest BCUT2D eigenvalue weighted by Gasteiger charge is 2.46. The number of aromatic hydroxyl groups is 1. The topological polar surface area (TPSA) is 78.8 Å². The number of nitrogens with one attached hydrogen (secondary N) is 1. The number of phenolic OH excluding ortho intramolecular Hbond substituents is 1. The van der Waals surface area contributed by atoms with Crippen molar-refractivity contribution < 1.29 is 14.7 Å². The quantitative estimate of drug-likeness (QED) is 0.472. The lowest BCUT2D eigenvalue weighted by atomic mass is 10.0. The molecule has 0 heterocycles. The second kappa shape index (κ2) is 4.03. The van der Waals surface area contributed by atoms with Crippen molar-refractivity contribution in [2.75, 3.05) is 5.32 Å². The molecule has 0 aromatic heterocycles. The largest absolute Gasteiger partial charge is 0.506 e. The van der Waals surface area contributed by atoms with Crippen LogP contribution < -0.4 is 5.32 Å². The zero-order valence-electron chi connectivity index (χ0n) is 9.36. The van der Waals surface area contributed by atoms with Crippen LogP contribution in [-0.4, -0.2) is 17.1 Å². The van der Waals surface area contributed by atoms with E-state index in [9.17, 15) is 14.7 Å². The molecule has 1 fully saturated rings. The molecule has 2 N–H and O–H groups in total. The maximum Gasteiger partial charge on any atom is 0.235 e. The summed E-state index contributed by atoms with van der Waals surface area (Å²) < 4.78 is 0. The van der Waals surface area contributed by atoms with Gasteiger partial charge in [0, 0.05) is 12.5 Å². The molecule has 0 spiro atoms. The fourth-order valence-corrected chi connectivity index (χ4v) is 1.88. The van der Waals surface area contributed by atoms with Crippen molar-refractivity contribution in [2.45, 2.75) is 25.3 Å². The number of isocyanates is 1. The lowest BCUT2D eigenvalue weighted by Gasteiger charge is -2.15. The van der Waals surface area contributed by atoms with Gasteiger partial charge in [-0.1, -0.05) is 12.1 Å². The zero-order chi connectivity index (χ0) is 12.5. The Bertz CT molecular complexity index is 514. The second-order valence-electron chi connectivity index (χ2n) is 4.12. The Balaban J connectivity index is 2.50. The maximum atomic E-state index is 11.1. The number of para-hydroxylation sites is 1. The number of hydrogen-bond acceptors (Lipinski definition) is 4. The van der Waals surface area contributed by atoms with Crippen molar-refractivity contribution in [3.63, 3.8) is 0 Å². The van der Waals surface area contributed by atoms with Gasteiger partial charge in [0.2, 0.25) is 12.0 Å². The van der Waals surface area contributed by atoms with Crippen LogP contribution in [0.15, 0.2) is 23.2 Å². The molecule has 0 aliphatic heterocycles. The number of amides is 1. The van der Waals surface area contributed by atoms with E-state index in [1.54, 1.807) is 18.2 Å². The summed E-state index contributed by atoms with van der Waals surface area (Å²) in [7, 11) is 0. The van der Waals surface area contributed by atoms with Crippen LogP contribution in [0.1, 0.15) is 25.3 Å². The minimum atomic E-state index is -0.613. The van der Waals surface area contributed by atoms with Gasteiger partial charge >= 0.3 is 0 Å². The van der Waals surface area contributed by atoms with Gasteiger partial charge in [-0.2, -0.15) is 4.99 Å². The number of carbonyl (C=O) groups is 1.